The van der Waals surface area contributed by atoms with E-state index in [0.29, 0.717) is 47.8 Å². The van der Waals surface area contributed by atoms with Crippen molar-refractivity contribution in [2.24, 2.45) is 5.41 Å². The molecule has 2 aliphatic rings. The van der Waals surface area contributed by atoms with Crippen LogP contribution in [0.25, 0.3) is 5.57 Å². The van der Waals surface area contributed by atoms with Crippen LogP contribution in [0.4, 0.5) is 0 Å². The van der Waals surface area contributed by atoms with Crippen LogP contribution in [0.3, 0.4) is 0 Å². The van der Waals surface area contributed by atoms with Crippen molar-refractivity contribution in [3.8, 4) is 11.5 Å². The number of rotatable bonds is 4. The summed E-state index contributed by atoms with van der Waals surface area (Å²) in [6, 6.07) is 3.35. The lowest BCUT2D eigenvalue weighted by atomic mass is 9.90. The number of methoxy groups -OCH3 is 1. The van der Waals surface area contributed by atoms with Crippen LogP contribution in [0.1, 0.15) is 50.0 Å². The van der Waals surface area contributed by atoms with Crippen LogP contribution >= 0.6 is 7.60 Å². The first kappa shape index (κ1) is 19.2. The first-order chi connectivity index (χ1) is 12.2. The fourth-order valence-electron chi connectivity index (χ4n) is 3.02. The van der Waals surface area contributed by atoms with Crippen molar-refractivity contribution < 1.29 is 27.9 Å². The van der Waals surface area contributed by atoms with Gasteiger partial charge >= 0.3 is 7.60 Å². The Morgan fingerprint density at radius 1 is 1.23 bits per heavy atom. The van der Waals surface area contributed by atoms with Gasteiger partial charge in [0.05, 0.1) is 20.3 Å². The molecule has 3 rings (SSSR count). The molecule has 26 heavy (non-hydrogen) atoms. The van der Waals surface area contributed by atoms with Gasteiger partial charge < -0.3 is 18.5 Å². The molecule has 1 unspecified atom stereocenters. The van der Waals surface area contributed by atoms with Crippen molar-refractivity contribution in [1.82, 2.24) is 0 Å². The van der Waals surface area contributed by atoms with Gasteiger partial charge in [-0.15, -0.1) is 0 Å². The predicted molar refractivity (Wildman–Crippen MR) is 99.0 cm³/mol. The number of fused-ring (bicyclic) bond motifs is 1. The van der Waals surface area contributed by atoms with Gasteiger partial charge in [0.2, 0.25) is 0 Å². The maximum Gasteiger partial charge on any atom is 0.354 e. The summed E-state index contributed by atoms with van der Waals surface area (Å²) < 4.78 is 35.9. The summed E-state index contributed by atoms with van der Waals surface area (Å²) in [5.41, 5.74) is 0.940. The van der Waals surface area contributed by atoms with E-state index < -0.39 is 13.2 Å². The van der Waals surface area contributed by atoms with Gasteiger partial charge in [-0.3, -0.25) is 9.36 Å². The van der Waals surface area contributed by atoms with Gasteiger partial charge in [0.25, 0.3) is 0 Å². The Morgan fingerprint density at radius 2 is 1.88 bits per heavy atom. The number of benzene rings is 1. The fraction of sp³-hybridized carbons (Fsp3) is 0.526. The minimum Gasteiger partial charge on any atom is -0.493 e. The third-order valence-corrected chi connectivity index (χ3v) is 6.41. The molecule has 1 saturated heterocycles. The minimum absolute atomic E-state index is 0.182. The number of aldehydes is 1. The Morgan fingerprint density at radius 3 is 2.42 bits per heavy atom. The zero-order chi connectivity index (χ0) is 19.2. The second kappa shape index (κ2) is 6.52. The van der Waals surface area contributed by atoms with Crippen molar-refractivity contribution in [3.05, 3.63) is 29.1 Å². The number of carbonyl (C=O) groups excluding carboxylic acids is 1. The summed E-state index contributed by atoms with van der Waals surface area (Å²) in [6.45, 7) is 8.59. The van der Waals surface area contributed by atoms with Crippen LogP contribution < -0.4 is 9.47 Å². The lowest BCUT2D eigenvalue weighted by molar-refractivity contribution is 0.0456. The molecule has 1 fully saturated rings. The van der Waals surface area contributed by atoms with Crippen LogP contribution in [0.15, 0.2) is 17.9 Å². The Balaban J connectivity index is 2.11. The van der Waals surface area contributed by atoms with Crippen molar-refractivity contribution in [2.75, 3.05) is 20.3 Å². The van der Waals surface area contributed by atoms with E-state index in [1.807, 2.05) is 27.7 Å². The van der Waals surface area contributed by atoms with Crippen molar-refractivity contribution in [2.45, 2.75) is 39.7 Å². The van der Waals surface area contributed by atoms with Crippen LogP contribution in [-0.2, 0) is 13.6 Å². The SMILES string of the molecule is CCC1(C)Oc2c(OC)cc(C=O)cc2/C1=C/P1(=O)OCC(C)(C)CO1. The topological polar surface area (TPSA) is 71.1 Å². The molecule has 6 nitrogen and oxygen atoms in total. The number of ether oxygens (including phenoxy) is 2. The molecule has 1 atom stereocenters. The molecule has 7 heteroatoms. The zero-order valence-electron chi connectivity index (χ0n) is 15.8. The third-order valence-electron chi connectivity index (χ3n) is 4.85. The molecule has 0 aromatic heterocycles. The van der Waals surface area contributed by atoms with Gasteiger partial charge in [-0.05, 0) is 25.5 Å². The average molecular weight is 380 g/mol. The van der Waals surface area contributed by atoms with Gasteiger partial charge in [0, 0.05) is 27.9 Å². The Labute approximate surface area is 154 Å². The van der Waals surface area contributed by atoms with E-state index in [1.54, 1.807) is 17.9 Å². The van der Waals surface area contributed by atoms with Gasteiger partial charge in [0.15, 0.2) is 11.5 Å². The van der Waals surface area contributed by atoms with E-state index in [2.05, 4.69) is 0 Å². The molecule has 0 amide bonds. The summed E-state index contributed by atoms with van der Waals surface area (Å²) in [5.74, 6) is 2.56. The van der Waals surface area contributed by atoms with Gasteiger partial charge in [-0.25, -0.2) is 0 Å². The number of carbonyl (C=O) groups is 1. The first-order valence-corrected chi connectivity index (χ1v) is 10.3. The maximum absolute atomic E-state index is 13.1. The Hall–Kier alpha value is -1.62. The lowest BCUT2D eigenvalue weighted by Crippen LogP contribution is -2.30. The van der Waals surface area contributed by atoms with Gasteiger partial charge in [-0.1, -0.05) is 20.8 Å². The second-order valence-electron chi connectivity index (χ2n) is 7.70. The fourth-order valence-corrected chi connectivity index (χ4v) is 5.03. The molecule has 142 valence electrons. The largest absolute Gasteiger partial charge is 0.493 e. The highest BCUT2D eigenvalue weighted by molar-refractivity contribution is 7.57. The quantitative estimate of drug-likeness (QED) is 0.558. The predicted octanol–water partition coefficient (Wildman–Crippen LogP) is 4.68. The number of hydrogen-bond donors (Lipinski definition) is 0. The van der Waals surface area contributed by atoms with E-state index in [1.165, 1.54) is 7.11 Å². The van der Waals surface area contributed by atoms with Gasteiger partial charge in [-0.2, -0.15) is 0 Å². The minimum atomic E-state index is -3.41. The monoisotopic (exact) mass is 380 g/mol. The molecule has 0 bridgehead atoms. The molecule has 2 aliphatic heterocycles. The lowest BCUT2D eigenvalue weighted by Gasteiger charge is -2.33. The van der Waals surface area contributed by atoms with Gasteiger partial charge in [0.1, 0.15) is 11.9 Å². The van der Waals surface area contributed by atoms with Crippen LogP contribution in [0.2, 0.25) is 0 Å². The number of hydrogen-bond acceptors (Lipinski definition) is 6. The van der Waals surface area contributed by atoms with Crippen molar-refractivity contribution >= 4 is 19.5 Å². The normalized spacial score (nSPS) is 27.7. The zero-order valence-corrected chi connectivity index (χ0v) is 16.7. The third kappa shape index (κ3) is 3.34. The van der Waals surface area contributed by atoms with Crippen molar-refractivity contribution in [3.63, 3.8) is 0 Å². The van der Waals surface area contributed by atoms with Crippen LogP contribution in [-0.4, -0.2) is 32.2 Å². The van der Waals surface area contributed by atoms with E-state index in [9.17, 15) is 9.36 Å². The Kier molecular flexibility index (Phi) is 4.80. The molecule has 0 aliphatic carbocycles. The van der Waals surface area contributed by atoms with E-state index in [4.69, 9.17) is 18.5 Å². The molecule has 0 radical (unpaired) electrons. The highest BCUT2D eigenvalue weighted by Crippen LogP contribution is 2.60. The van der Waals surface area contributed by atoms with E-state index in [0.717, 1.165) is 6.29 Å². The van der Waals surface area contributed by atoms with E-state index >= 15 is 0 Å². The summed E-state index contributed by atoms with van der Waals surface area (Å²) in [7, 11) is -1.89. The average Bonchev–Trinajstić information content (AvgIpc) is 2.90. The summed E-state index contributed by atoms with van der Waals surface area (Å²) >= 11 is 0. The smallest absolute Gasteiger partial charge is 0.354 e. The van der Waals surface area contributed by atoms with Crippen LogP contribution in [0, 0.1) is 5.41 Å². The molecule has 0 spiro atoms. The second-order valence-corrected chi connectivity index (χ2v) is 9.55. The molecular weight excluding hydrogens is 355 g/mol. The molecular formula is C19H25O6P. The van der Waals surface area contributed by atoms with Crippen LogP contribution in [0.5, 0.6) is 11.5 Å². The first-order valence-electron chi connectivity index (χ1n) is 8.64. The standard InChI is InChI=1S/C19H25O6P/c1-6-19(4)15(10-26(21)23-11-18(2,3)12-24-26)14-7-13(9-20)8-16(22-5)17(14)25-19/h7-10H,6,11-12H2,1-5H3/b15-10-. The van der Waals surface area contributed by atoms with E-state index in [-0.39, 0.29) is 5.41 Å². The molecule has 1 aromatic carbocycles. The summed E-state index contributed by atoms with van der Waals surface area (Å²) in [4.78, 5) is 11.3. The molecule has 2 heterocycles. The highest BCUT2D eigenvalue weighted by atomic mass is 31.2. The molecule has 0 N–H and O–H groups in total. The molecule has 0 saturated carbocycles. The maximum atomic E-state index is 13.1. The molecule has 1 aromatic rings. The Bertz CT molecular complexity index is 798. The summed E-state index contributed by atoms with van der Waals surface area (Å²) in [6.07, 6.45) is 1.39. The van der Waals surface area contributed by atoms with Crippen molar-refractivity contribution in [1.29, 1.82) is 0 Å². The highest BCUT2D eigenvalue weighted by Gasteiger charge is 2.44. The summed E-state index contributed by atoms with van der Waals surface area (Å²) in [5, 5.41) is 0.